The molecule has 0 bridgehead atoms. The number of nitrogens with two attached hydrogens (primary N) is 1. The van der Waals surface area contributed by atoms with E-state index >= 15 is 0 Å². The topological polar surface area (TPSA) is 73.6 Å². The van der Waals surface area contributed by atoms with Crippen LogP contribution < -0.4 is 20.5 Å². The minimum atomic E-state index is -0.126. The molecule has 0 saturated heterocycles. The summed E-state index contributed by atoms with van der Waals surface area (Å²) in [5.74, 6) is 1.26. The van der Waals surface area contributed by atoms with Crippen LogP contribution in [0, 0.1) is 13.8 Å². The Labute approximate surface area is 136 Å². The largest absolute Gasteiger partial charge is 0.495 e. The summed E-state index contributed by atoms with van der Waals surface area (Å²) in [4.78, 5) is 11.9. The van der Waals surface area contributed by atoms with Gasteiger partial charge in [-0.05, 0) is 43.7 Å². The first-order valence-corrected chi connectivity index (χ1v) is 7.43. The van der Waals surface area contributed by atoms with Gasteiger partial charge in [0.1, 0.15) is 11.5 Å². The molecule has 2 aromatic carbocycles. The molecule has 1 amide bonds. The van der Waals surface area contributed by atoms with Crippen molar-refractivity contribution < 1.29 is 14.3 Å². The highest BCUT2D eigenvalue weighted by Crippen LogP contribution is 2.24. The monoisotopic (exact) mass is 314 g/mol. The van der Waals surface area contributed by atoms with Gasteiger partial charge in [-0.15, -0.1) is 0 Å². The first kappa shape index (κ1) is 16.7. The molecule has 0 aliphatic rings. The van der Waals surface area contributed by atoms with Crippen molar-refractivity contribution in [3.05, 3.63) is 47.5 Å². The summed E-state index contributed by atoms with van der Waals surface area (Å²) in [6.07, 6.45) is 0.263. The molecule has 0 saturated carbocycles. The Morgan fingerprint density at radius 2 is 1.87 bits per heavy atom. The molecule has 3 N–H and O–H groups in total. The molecule has 0 radical (unpaired) electrons. The molecular weight excluding hydrogens is 292 g/mol. The maximum atomic E-state index is 11.9. The van der Waals surface area contributed by atoms with E-state index in [2.05, 4.69) is 11.4 Å². The Morgan fingerprint density at radius 3 is 2.52 bits per heavy atom. The number of benzene rings is 2. The normalized spacial score (nSPS) is 10.2. The van der Waals surface area contributed by atoms with Gasteiger partial charge in [0, 0.05) is 5.69 Å². The lowest BCUT2D eigenvalue weighted by atomic mass is 10.1. The number of amides is 1. The highest BCUT2D eigenvalue weighted by molar-refractivity contribution is 5.91. The third-order valence-electron chi connectivity index (χ3n) is 3.43. The van der Waals surface area contributed by atoms with Gasteiger partial charge >= 0.3 is 0 Å². The van der Waals surface area contributed by atoms with Gasteiger partial charge in [-0.1, -0.05) is 17.7 Å². The Hall–Kier alpha value is -2.69. The molecule has 23 heavy (non-hydrogen) atoms. The van der Waals surface area contributed by atoms with Gasteiger partial charge in [0.15, 0.2) is 0 Å². The number of hydrogen-bond donors (Lipinski definition) is 2. The van der Waals surface area contributed by atoms with Crippen molar-refractivity contribution >= 4 is 17.3 Å². The van der Waals surface area contributed by atoms with Crippen molar-refractivity contribution in [3.8, 4) is 11.5 Å². The number of carbonyl (C=O) groups excluding carboxylic acids is 1. The number of anilines is 2. The second kappa shape index (κ2) is 7.54. The van der Waals surface area contributed by atoms with E-state index in [0.717, 1.165) is 11.3 Å². The molecular formula is C18H22N2O3. The van der Waals surface area contributed by atoms with E-state index in [1.165, 1.54) is 5.56 Å². The number of aryl methyl sites for hydroxylation is 2. The second-order valence-corrected chi connectivity index (χ2v) is 5.37. The third-order valence-corrected chi connectivity index (χ3v) is 3.43. The van der Waals surface area contributed by atoms with Crippen molar-refractivity contribution in [1.29, 1.82) is 0 Å². The van der Waals surface area contributed by atoms with Crippen molar-refractivity contribution in [3.63, 3.8) is 0 Å². The number of carbonyl (C=O) groups is 1. The molecule has 0 aliphatic heterocycles. The lowest BCUT2D eigenvalue weighted by Crippen LogP contribution is -2.15. The third kappa shape index (κ3) is 4.64. The average Bonchev–Trinajstić information content (AvgIpc) is 2.49. The van der Waals surface area contributed by atoms with Crippen LogP contribution in [-0.4, -0.2) is 19.6 Å². The first-order chi connectivity index (χ1) is 11.0. The zero-order valence-corrected chi connectivity index (χ0v) is 13.7. The smallest absolute Gasteiger partial charge is 0.227 e. The Morgan fingerprint density at radius 1 is 1.13 bits per heavy atom. The van der Waals surface area contributed by atoms with Crippen LogP contribution in [0.1, 0.15) is 17.5 Å². The van der Waals surface area contributed by atoms with E-state index in [-0.39, 0.29) is 12.3 Å². The highest BCUT2D eigenvalue weighted by Gasteiger charge is 2.06. The molecule has 2 aromatic rings. The van der Waals surface area contributed by atoms with E-state index in [0.29, 0.717) is 23.7 Å². The highest BCUT2D eigenvalue weighted by atomic mass is 16.5. The van der Waals surface area contributed by atoms with Gasteiger partial charge in [-0.25, -0.2) is 0 Å². The minimum Gasteiger partial charge on any atom is -0.495 e. The zero-order chi connectivity index (χ0) is 16.8. The zero-order valence-electron chi connectivity index (χ0n) is 13.7. The molecule has 0 spiro atoms. The fraction of sp³-hybridized carbons (Fsp3) is 0.278. The average molecular weight is 314 g/mol. The number of nitrogen functional groups attached to an aromatic ring is 1. The lowest BCUT2D eigenvalue weighted by molar-refractivity contribution is -0.116. The Balaban J connectivity index is 1.84. The van der Waals surface area contributed by atoms with Crippen LogP contribution in [0.25, 0.3) is 0 Å². The predicted octanol–water partition coefficient (Wildman–Crippen LogP) is 3.30. The van der Waals surface area contributed by atoms with Gasteiger partial charge in [-0.2, -0.15) is 0 Å². The van der Waals surface area contributed by atoms with Gasteiger partial charge < -0.3 is 20.5 Å². The van der Waals surface area contributed by atoms with Gasteiger partial charge in [0.2, 0.25) is 5.91 Å². The Bertz CT molecular complexity index is 699. The molecule has 0 heterocycles. The van der Waals surface area contributed by atoms with E-state index in [1.807, 2.05) is 26.0 Å². The van der Waals surface area contributed by atoms with E-state index in [9.17, 15) is 4.79 Å². The van der Waals surface area contributed by atoms with Crippen LogP contribution in [0.2, 0.25) is 0 Å². The molecule has 0 aromatic heterocycles. The summed E-state index contributed by atoms with van der Waals surface area (Å²) >= 11 is 0. The maximum Gasteiger partial charge on any atom is 0.227 e. The van der Waals surface area contributed by atoms with Crippen LogP contribution in [-0.2, 0) is 4.79 Å². The number of rotatable bonds is 6. The van der Waals surface area contributed by atoms with Gasteiger partial charge in [-0.3, -0.25) is 4.79 Å². The van der Waals surface area contributed by atoms with Crippen LogP contribution in [0.15, 0.2) is 36.4 Å². The van der Waals surface area contributed by atoms with Crippen molar-refractivity contribution in [2.45, 2.75) is 20.3 Å². The molecule has 0 aliphatic carbocycles. The van der Waals surface area contributed by atoms with E-state index in [4.69, 9.17) is 15.2 Å². The van der Waals surface area contributed by atoms with Gasteiger partial charge in [0.05, 0.1) is 25.8 Å². The first-order valence-electron chi connectivity index (χ1n) is 7.43. The quantitative estimate of drug-likeness (QED) is 0.802. The molecule has 5 nitrogen and oxygen atoms in total. The summed E-state index contributed by atoms with van der Waals surface area (Å²) in [6.45, 7) is 4.34. The van der Waals surface area contributed by atoms with Crippen molar-refractivity contribution in [2.75, 3.05) is 24.8 Å². The summed E-state index contributed by atoms with van der Waals surface area (Å²) in [5, 5.41) is 2.79. The lowest BCUT2D eigenvalue weighted by Gasteiger charge is -2.11. The van der Waals surface area contributed by atoms with E-state index < -0.39 is 0 Å². The van der Waals surface area contributed by atoms with Crippen LogP contribution in [0.5, 0.6) is 11.5 Å². The number of methoxy groups -OCH3 is 1. The molecule has 0 atom stereocenters. The van der Waals surface area contributed by atoms with Gasteiger partial charge in [0.25, 0.3) is 0 Å². The van der Waals surface area contributed by atoms with Crippen LogP contribution >= 0.6 is 0 Å². The van der Waals surface area contributed by atoms with E-state index in [1.54, 1.807) is 25.3 Å². The molecule has 0 unspecified atom stereocenters. The van der Waals surface area contributed by atoms with Crippen molar-refractivity contribution in [2.24, 2.45) is 0 Å². The Kier molecular flexibility index (Phi) is 5.46. The fourth-order valence-electron chi connectivity index (χ4n) is 2.25. The van der Waals surface area contributed by atoms with Crippen LogP contribution in [0.3, 0.4) is 0 Å². The molecule has 2 rings (SSSR count). The molecule has 5 heteroatoms. The summed E-state index contributed by atoms with van der Waals surface area (Å²) in [5.41, 5.74) is 9.18. The van der Waals surface area contributed by atoms with Crippen molar-refractivity contribution in [1.82, 2.24) is 0 Å². The fourth-order valence-corrected chi connectivity index (χ4v) is 2.25. The number of hydrogen-bond acceptors (Lipinski definition) is 4. The standard InChI is InChI=1S/C18H22N2O3/c1-12-4-6-16(13(2)10-12)23-9-8-18(21)20-14-5-7-17(22-3)15(19)11-14/h4-7,10-11H,8-9,19H2,1-3H3,(H,20,21). The minimum absolute atomic E-state index is 0.126. The predicted molar refractivity (Wildman–Crippen MR) is 92.1 cm³/mol. The summed E-state index contributed by atoms with van der Waals surface area (Å²) in [7, 11) is 1.55. The summed E-state index contributed by atoms with van der Waals surface area (Å²) < 4.78 is 10.7. The maximum absolute atomic E-state index is 11.9. The number of ether oxygens (including phenoxy) is 2. The second-order valence-electron chi connectivity index (χ2n) is 5.37. The van der Waals surface area contributed by atoms with Crippen LogP contribution in [0.4, 0.5) is 11.4 Å². The number of nitrogens with one attached hydrogen (secondary N) is 1. The SMILES string of the molecule is COc1ccc(NC(=O)CCOc2ccc(C)cc2C)cc1N. The molecule has 122 valence electrons. The molecule has 0 fully saturated rings. The summed E-state index contributed by atoms with van der Waals surface area (Å²) in [6, 6.07) is 11.1.